The molecule has 1 aliphatic rings. The maximum atomic E-state index is 5.34. The number of hydrogen-bond donors (Lipinski definition) is 1. The fourth-order valence-electron chi connectivity index (χ4n) is 3.09. The Bertz CT molecular complexity index is 329. The Morgan fingerprint density at radius 3 is 2.94 bits per heavy atom. The van der Waals surface area contributed by atoms with E-state index < -0.39 is 0 Å². The second-order valence-electron chi connectivity index (χ2n) is 6.27. The average Bonchev–Trinajstić information content (AvgIpc) is 2.73. The molecule has 0 saturated heterocycles. The van der Waals surface area contributed by atoms with Crippen molar-refractivity contribution in [3.05, 3.63) is 24.2 Å². The van der Waals surface area contributed by atoms with Crippen molar-refractivity contribution in [1.82, 2.24) is 5.32 Å². The molecule has 1 aliphatic carbocycles. The first-order valence-corrected chi connectivity index (χ1v) is 6.83. The van der Waals surface area contributed by atoms with E-state index in [1.807, 2.05) is 6.07 Å². The molecule has 1 saturated carbocycles. The molecular formula is C15H25NO. The molecule has 0 aliphatic heterocycles. The van der Waals surface area contributed by atoms with Crippen LogP contribution in [0.1, 0.15) is 45.8 Å². The van der Waals surface area contributed by atoms with Crippen LogP contribution in [0, 0.1) is 11.3 Å². The van der Waals surface area contributed by atoms with Crippen LogP contribution >= 0.6 is 0 Å². The van der Waals surface area contributed by atoms with Crippen LogP contribution in [0.3, 0.4) is 0 Å². The van der Waals surface area contributed by atoms with Crippen molar-refractivity contribution in [2.75, 3.05) is 6.54 Å². The number of rotatable bonds is 4. The van der Waals surface area contributed by atoms with E-state index in [1.165, 1.54) is 19.3 Å². The third kappa shape index (κ3) is 3.60. The van der Waals surface area contributed by atoms with Gasteiger partial charge in [0.15, 0.2) is 0 Å². The van der Waals surface area contributed by atoms with Crippen molar-refractivity contribution in [1.29, 1.82) is 0 Å². The van der Waals surface area contributed by atoms with Crippen LogP contribution < -0.4 is 5.32 Å². The normalized spacial score (nSPS) is 28.2. The summed E-state index contributed by atoms with van der Waals surface area (Å²) in [5.41, 5.74) is 0.540. The Morgan fingerprint density at radius 1 is 1.47 bits per heavy atom. The lowest BCUT2D eigenvalue weighted by Gasteiger charge is -2.39. The van der Waals surface area contributed by atoms with Gasteiger partial charge in [-0.3, -0.25) is 0 Å². The van der Waals surface area contributed by atoms with E-state index in [-0.39, 0.29) is 0 Å². The van der Waals surface area contributed by atoms with Crippen molar-refractivity contribution in [3.8, 4) is 0 Å². The van der Waals surface area contributed by atoms with Crippen molar-refractivity contribution in [2.24, 2.45) is 11.3 Å². The molecule has 1 aromatic rings. The predicted molar refractivity (Wildman–Crippen MR) is 71.0 cm³/mol. The molecule has 1 aromatic heterocycles. The number of hydrogen-bond acceptors (Lipinski definition) is 2. The van der Waals surface area contributed by atoms with E-state index >= 15 is 0 Å². The second kappa shape index (κ2) is 5.26. The van der Waals surface area contributed by atoms with Crippen LogP contribution in [0.4, 0.5) is 0 Å². The van der Waals surface area contributed by atoms with Crippen LogP contribution in [0.15, 0.2) is 22.8 Å². The molecular weight excluding hydrogens is 210 g/mol. The molecule has 0 amide bonds. The highest BCUT2D eigenvalue weighted by Gasteiger charge is 2.31. The van der Waals surface area contributed by atoms with Gasteiger partial charge in [-0.15, -0.1) is 0 Å². The van der Waals surface area contributed by atoms with Gasteiger partial charge in [-0.25, -0.2) is 0 Å². The molecule has 1 heterocycles. The zero-order chi connectivity index (χ0) is 12.3. The quantitative estimate of drug-likeness (QED) is 0.862. The molecule has 2 rings (SSSR count). The standard InChI is InChI=1S/C15H25NO/c1-12-11-15(2,3)8-6-14(12)16-9-7-13-5-4-10-17-13/h4-5,10,12,14,16H,6-9,11H2,1-3H3. The van der Waals surface area contributed by atoms with Gasteiger partial charge in [0.1, 0.15) is 5.76 Å². The van der Waals surface area contributed by atoms with Gasteiger partial charge in [-0.2, -0.15) is 0 Å². The molecule has 0 spiro atoms. The topological polar surface area (TPSA) is 25.2 Å². The molecule has 2 unspecified atom stereocenters. The molecule has 2 atom stereocenters. The summed E-state index contributed by atoms with van der Waals surface area (Å²) in [6.45, 7) is 8.19. The lowest BCUT2D eigenvalue weighted by atomic mass is 9.70. The first-order valence-electron chi connectivity index (χ1n) is 6.83. The molecule has 0 radical (unpaired) electrons. The molecule has 2 heteroatoms. The summed E-state index contributed by atoms with van der Waals surface area (Å²) in [7, 11) is 0. The molecule has 96 valence electrons. The summed E-state index contributed by atoms with van der Waals surface area (Å²) < 4.78 is 5.34. The molecule has 1 N–H and O–H groups in total. The van der Waals surface area contributed by atoms with Crippen LogP contribution in [-0.4, -0.2) is 12.6 Å². The van der Waals surface area contributed by atoms with Crippen molar-refractivity contribution < 1.29 is 4.42 Å². The molecule has 0 bridgehead atoms. The Labute approximate surface area is 105 Å². The van der Waals surface area contributed by atoms with Gasteiger partial charge in [-0.05, 0) is 42.7 Å². The summed E-state index contributed by atoms with van der Waals surface area (Å²) in [5.74, 6) is 1.87. The van der Waals surface area contributed by atoms with Crippen LogP contribution in [0.5, 0.6) is 0 Å². The second-order valence-corrected chi connectivity index (χ2v) is 6.27. The summed E-state index contributed by atoms with van der Waals surface area (Å²) in [5, 5.41) is 3.69. The zero-order valence-electron chi connectivity index (χ0n) is 11.3. The van der Waals surface area contributed by atoms with Crippen molar-refractivity contribution in [3.63, 3.8) is 0 Å². The molecule has 2 nitrogen and oxygen atoms in total. The fraction of sp³-hybridized carbons (Fsp3) is 0.733. The average molecular weight is 235 g/mol. The van der Waals surface area contributed by atoms with Gasteiger partial charge in [0.2, 0.25) is 0 Å². The van der Waals surface area contributed by atoms with Gasteiger partial charge in [0.05, 0.1) is 6.26 Å². The summed E-state index contributed by atoms with van der Waals surface area (Å²) in [6.07, 6.45) is 6.74. The van der Waals surface area contributed by atoms with Crippen LogP contribution in [0.2, 0.25) is 0 Å². The van der Waals surface area contributed by atoms with Crippen LogP contribution in [-0.2, 0) is 6.42 Å². The number of furan rings is 1. The Balaban J connectivity index is 1.73. The summed E-state index contributed by atoms with van der Waals surface area (Å²) >= 11 is 0. The maximum Gasteiger partial charge on any atom is 0.105 e. The van der Waals surface area contributed by atoms with E-state index in [2.05, 4.69) is 32.2 Å². The highest BCUT2D eigenvalue weighted by atomic mass is 16.3. The zero-order valence-corrected chi connectivity index (χ0v) is 11.3. The summed E-state index contributed by atoms with van der Waals surface area (Å²) in [4.78, 5) is 0. The minimum atomic E-state index is 0.540. The third-order valence-corrected chi connectivity index (χ3v) is 4.05. The Hall–Kier alpha value is -0.760. The minimum absolute atomic E-state index is 0.540. The minimum Gasteiger partial charge on any atom is -0.469 e. The van der Waals surface area contributed by atoms with Crippen molar-refractivity contribution >= 4 is 0 Å². The van der Waals surface area contributed by atoms with E-state index in [0.29, 0.717) is 11.5 Å². The highest BCUT2D eigenvalue weighted by Crippen LogP contribution is 2.38. The van der Waals surface area contributed by atoms with E-state index in [0.717, 1.165) is 24.6 Å². The van der Waals surface area contributed by atoms with Gasteiger partial charge in [-0.1, -0.05) is 20.8 Å². The predicted octanol–water partition coefficient (Wildman–Crippen LogP) is 3.63. The van der Waals surface area contributed by atoms with E-state index in [9.17, 15) is 0 Å². The lowest BCUT2D eigenvalue weighted by molar-refractivity contribution is 0.149. The van der Waals surface area contributed by atoms with Crippen molar-refractivity contribution in [2.45, 2.75) is 52.5 Å². The maximum absolute atomic E-state index is 5.34. The SMILES string of the molecule is CC1CC(C)(C)CCC1NCCc1ccco1. The third-order valence-electron chi connectivity index (χ3n) is 4.05. The van der Waals surface area contributed by atoms with Gasteiger partial charge >= 0.3 is 0 Å². The van der Waals surface area contributed by atoms with Gasteiger partial charge < -0.3 is 9.73 Å². The van der Waals surface area contributed by atoms with E-state index in [1.54, 1.807) is 6.26 Å². The smallest absolute Gasteiger partial charge is 0.105 e. The fourth-order valence-corrected chi connectivity index (χ4v) is 3.09. The highest BCUT2D eigenvalue weighted by molar-refractivity contribution is 4.98. The Kier molecular flexibility index (Phi) is 3.93. The number of nitrogens with one attached hydrogen (secondary N) is 1. The summed E-state index contributed by atoms with van der Waals surface area (Å²) in [6, 6.07) is 4.70. The van der Waals surface area contributed by atoms with E-state index in [4.69, 9.17) is 4.42 Å². The Morgan fingerprint density at radius 2 is 2.29 bits per heavy atom. The van der Waals surface area contributed by atoms with Gasteiger partial charge in [0, 0.05) is 19.0 Å². The molecule has 1 fully saturated rings. The lowest BCUT2D eigenvalue weighted by Crippen LogP contribution is -2.42. The van der Waals surface area contributed by atoms with Gasteiger partial charge in [0.25, 0.3) is 0 Å². The first-order chi connectivity index (χ1) is 8.07. The largest absolute Gasteiger partial charge is 0.469 e. The molecule has 0 aromatic carbocycles. The first kappa shape index (κ1) is 12.7. The molecule has 17 heavy (non-hydrogen) atoms. The monoisotopic (exact) mass is 235 g/mol. The van der Waals surface area contributed by atoms with Crippen LogP contribution in [0.25, 0.3) is 0 Å².